The van der Waals surface area contributed by atoms with Gasteiger partial charge in [-0.15, -0.1) is 0 Å². The number of nitrogens with one attached hydrogen (secondary N) is 1. The number of hydrogen-bond acceptors (Lipinski definition) is 2. The third-order valence-electron chi connectivity index (χ3n) is 4.98. The lowest BCUT2D eigenvalue weighted by Crippen LogP contribution is -2.60. The normalized spacial score (nSPS) is 40.5. The van der Waals surface area contributed by atoms with Crippen LogP contribution in [0, 0.1) is 23.2 Å². The van der Waals surface area contributed by atoms with Gasteiger partial charge >= 0.3 is 0 Å². The van der Waals surface area contributed by atoms with E-state index in [0.717, 1.165) is 30.8 Å². The molecule has 0 aromatic carbocycles. The van der Waals surface area contributed by atoms with Crippen LogP contribution >= 0.6 is 0 Å². The van der Waals surface area contributed by atoms with Gasteiger partial charge in [-0.05, 0) is 37.1 Å². The monoisotopic (exact) mass is 236 g/mol. The van der Waals surface area contributed by atoms with E-state index >= 15 is 0 Å². The molecule has 0 aromatic heterocycles. The van der Waals surface area contributed by atoms with Gasteiger partial charge in [-0.25, -0.2) is 0 Å². The Hall–Kier alpha value is -0.570. The van der Waals surface area contributed by atoms with E-state index < -0.39 is 0 Å². The Morgan fingerprint density at radius 3 is 2.59 bits per heavy atom. The van der Waals surface area contributed by atoms with Crippen LogP contribution in [0.4, 0.5) is 0 Å². The molecule has 4 fully saturated rings. The van der Waals surface area contributed by atoms with E-state index in [-0.39, 0.29) is 5.41 Å². The fourth-order valence-electron chi connectivity index (χ4n) is 4.14. The van der Waals surface area contributed by atoms with Crippen molar-refractivity contribution in [2.75, 3.05) is 19.6 Å². The zero-order valence-corrected chi connectivity index (χ0v) is 11.2. The first-order chi connectivity index (χ1) is 7.98. The maximum atomic E-state index is 12.5. The number of rotatable bonds is 0. The van der Waals surface area contributed by atoms with Crippen LogP contribution in [0.15, 0.2) is 0 Å². The average molecular weight is 236 g/mol. The standard InChI is InChI=1S/C14H24N2O/c1-14(2,3)13(17)16-8-9-4-5-12(16)11-7-15-6-10(9)11/h9-12,15H,4-8H2,1-3H3/t9-,10+,11+,12+/m1/s1. The van der Waals surface area contributed by atoms with E-state index in [9.17, 15) is 4.79 Å². The summed E-state index contributed by atoms with van der Waals surface area (Å²) in [7, 11) is 0. The predicted octanol–water partition coefficient (Wildman–Crippen LogP) is 1.49. The minimum absolute atomic E-state index is 0.223. The number of carbonyl (C=O) groups excluding carboxylic acids is 1. The van der Waals surface area contributed by atoms with Crippen LogP contribution in [-0.2, 0) is 4.79 Å². The number of piperidine rings is 2. The Labute approximate surface area is 104 Å². The molecule has 3 heterocycles. The van der Waals surface area contributed by atoms with E-state index in [1.165, 1.54) is 19.4 Å². The number of fused-ring (bicyclic) bond motifs is 2. The molecule has 1 saturated carbocycles. The number of hydrogen-bond donors (Lipinski definition) is 1. The van der Waals surface area contributed by atoms with Crippen molar-refractivity contribution in [3.63, 3.8) is 0 Å². The molecule has 0 spiro atoms. The Balaban J connectivity index is 1.83. The number of amides is 1. The SMILES string of the molecule is CC(C)(C)C(=O)N1C[C@H]2CC[C@H]1[C@H]1CNC[C@@H]21. The van der Waals surface area contributed by atoms with Crippen molar-refractivity contribution in [2.24, 2.45) is 23.2 Å². The molecule has 1 amide bonds. The molecule has 96 valence electrons. The summed E-state index contributed by atoms with van der Waals surface area (Å²) in [5.74, 6) is 2.69. The van der Waals surface area contributed by atoms with Crippen molar-refractivity contribution >= 4 is 5.91 Å². The maximum absolute atomic E-state index is 12.5. The molecule has 2 bridgehead atoms. The Morgan fingerprint density at radius 1 is 1.18 bits per heavy atom. The molecule has 1 N–H and O–H groups in total. The van der Waals surface area contributed by atoms with Gasteiger partial charge in [-0.3, -0.25) is 4.79 Å². The summed E-state index contributed by atoms with van der Waals surface area (Å²) >= 11 is 0. The van der Waals surface area contributed by atoms with Crippen LogP contribution in [0.25, 0.3) is 0 Å². The molecule has 3 saturated heterocycles. The molecule has 0 unspecified atom stereocenters. The second-order valence-electron chi connectivity index (χ2n) is 7.10. The smallest absolute Gasteiger partial charge is 0.228 e. The molecule has 1 aliphatic carbocycles. The molecule has 4 rings (SSSR count). The third kappa shape index (κ3) is 1.70. The second kappa shape index (κ2) is 3.71. The maximum Gasteiger partial charge on any atom is 0.228 e. The van der Waals surface area contributed by atoms with Crippen LogP contribution < -0.4 is 5.32 Å². The second-order valence-corrected chi connectivity index (χ2v) is 7.10. The fourth-order valence-corrected chi connectivity index (χ4v) is 4.14. The highest BCUT2D eigenvalue weighted by atomic mass is 16.2. The van der Waals surface area contributed by atoms with Gasteiger partial charge in [0.15, 0.2) is 0 Å². The average Bonchev–Trinajstić information content (AvgIpc) is 2.77. The highest BCUT2D eigenvalue weighted by molar-refractivity contribution is 5.82. The lowest BCUT2D eigenvalue weighted by molar-refractivity contribution is -0.152. The largest absolute Gasteiger partial charge is 0.339 e. The van der Waals surface area contributed by atoms with E-state index in [1.807, 2.05) is 20.8 Å². The Kier molecular flexibility index (Phi) is 2.51. The summed E-state index contributed by atoms with van der Waals surface area (Å²) in [5, 5.41) is 3.53. The lowest BCUT2D eigenvalue weighted by Gasteiger charge is -2.53. The summed E-state index contributed by atoms with van der Waals surface area (Å²) in [4.78, 5) is 14.7. The quantitative estimate of drug-likeness (QED) is 0.691. The van der Waals surface area contributed by atoms with Gasteiger partial charge in [0.1, 0.15) is 0 Å². The topological polar surface area (TPSA) is 32.3 Å². The molecule has 3 heteroatoms. The van der Waals surface area contributed by atoms with Crippen molar-refractivity contribution in [1.82, 2.24) is 10.2 Å². The summed E-state index contributed by atoms with van der Waals surface area (Å²) < 4.78 is 0. The van der Waals surface area contributed by atoms with Gasteiger partial charge in [0, 0.05) is 24.5 Å². The predicted molar refractivity (Wildman–Crippen MR) is 67.5 cm³/mol. The molecule has 17 heavy (non-hydrogen) atoms. The first-order valence-corrected chi connectivity index (χ1v) is 7.00. The van der Waals surface area contributed by atoms with Crippen molar-refractivity contribution in [2.45, 2.75) is 39.7 Å². The van der Waals surface area contributed by atoms with Crippen molar-refractivity contribution in [3.05, 3.63) is 0 Å². The Morgan fingerprint density at radius 2 is 1.88 bits per heavy atom. The molecular weight excluding hydrogens is 212 g/mol. The molecule has 3 nitrogen and oxygen atoms in total. The molecule has 3 aliphatic heterocycles. The highest BCUT2D eigenvalue weighted by Crippen LogP contribution is 2.45. The first-order valence-electron chi connectivity index (χ1n) is 7.00. The van der Waals surface area contributed by atoms with E-state index in [2.05, 4.69) is 10.2 Å². The molecular formula is C14H24N2O. The van der Waals surface area contributed by atoms with Gasteiger partial charge in [0.2, 0.25) is 5.91 Å². The molecule has 4 aliphatic rings. The van der Waals surface area contributed by atoms with Crippen LogP contribution in [0.2, 0.25) is 0 Å². The fraction of sp³-hybridized carbons (Fsp3) is 0.929. The molecule has 0 radical (unpaired) electrons. The summed E-state index contributed by atoms with van der Waals surface area (Å²) in [6.07, 6.45) is 2.57. The number of nitrogens with zero attached hydrogens (tertiary/aromatic N) is 1. The van der Waals surface area contributed by atoms with E-state index in [1.54, 1.807) is 0 Å². The number of carbonyl (C=O) groups is 1. The van der Waals surface area contributed by atoms with Gasteiger partial charge in [-0.2, -0.15) is 0 Å². The van der Waals surface area contributed by atoms with E-state index in [0.29, 0.717) is 11.9 Å². The Bertz CT molecular complexity index is 334. The summed E-state index contributed by atoms with van der Waals surface area (Å²) in [5.41, 5.74) is -0.223. The van der Waals surface area contributed by atoms with Crippen LogP contribution in [0.3, 0.4) is 0 Å². The van der Waals surface area contributed by atoms with Crippen molar-refractivity contribution in [1.29, 1.82) is 0 Å². The van der Waals surface area contributed by atoms with E-state index in [4.69, 9.17) is 0 Å². The lowest BCUT2D eigenvalue weighted by atomic mass is 9.66. The third-order valence-corrected chi connectivity index (χ3v) is 4.98. The van der Waals surface area contributed by atoms with Crippen LogP contribution in [0.1, 0.15) is 33.6 Å². The summed E-state index contributed by atoms with van der Waals surface area (Å²) in [6, 6.07) is 0.520. The minimum atomic E-state index is -0.223. The van der Waals surface area contributed by atoms with Gasteiger partial charge in [0.05, 0.1) is 0 Å². The van der Waals surface area contributed by atoms with Crippen molar-refractivity contribution < 1.29 is 4.79 Å². The first kappa shape index (κ1) is 11.5. The zero-order chi connectivity index (χ0) is 12.2. The minimum Gasteiger partial charge on any atom is -0.339 e. The zero-order valence-electron chi connectivity index (χ0n) is 11.2. The van der Waals surface area contributed by atoms with Gasteiger partial charge in [-0.1, -0.05) is 20.8 Å². The van der Waals surface area contributed by atoms with Crippen LogP contribution in [0.5, 0.6) is 0 Å². The molecule has 0 aromatic rings. The highest BCUT2D eigenvalue weighted by Gasteiger charge is 2.51. The van der Waals surface area contributed by atoms with Crippen LogP contribution in [-0.4, -0.2) is 36.5 Å². The van der Waals surface area contributed by atoms with Crippen molar-refractivity contribution in [3.8, 4) is 0 Å². The van der Waals surface area contributed by atoms with Gasteiger partial charge < -0.3 is 10.2 Å². The summed E-state index contributed by atoms with van der Waals surface area (Å²) in [6.45, 7) is 9.46. The molecule has 4 atom stereocenters. The van der Waals surface area contributed by atoms with Gasteiger partial charge in [0.25, 0.3) is 0 Å².